The van der Waals surface area contributed by atoms with E-state index in [1.165, 1.54) is 12.4 Å². The number of rotatable bonds is 8. The van der Waals surface area contributed by atoms with Crippen molar-refractivity contribution in [1.29, 1.82) is 10.8 Å². The summed E-state index contributed by atoms with van der Waals surface area (Å²) in [6, 6.07) is 0.0390. The molecule has 3 N–H and O–H groups in total. The summed E-state index contributed by atoms with van der Waals surface area (Å²) in [5, 5.41) is 17.1. The molecule has 0 rings (SSSR count). The minimum absolute atomic E-state index is 0.0294. The zero-order valence-electron chi connectivity index (χ0n) is 11.6. The fourth-order valence-electron chi connectivity index (χ4n) is 1.11. The first-order valence-electron chi connectivity index (χ1n) is 6.13. The van der Waals surface area contributed by atoms with Gasteiger partial charge in [0.2, 0.25) is 0 Å². The summed E-state index contributed by atoms with van der Waals surface area (Å²) in [6.07, 6.45) is 6.12. The smallest absolute Gasteiger partial charge is 0.409 e. The molecule has 0 spiro atoms. The average molecular weight is 266 g/mol. The highest BCUT2D eigenvalue weighted by atomic mass is 16.6. The molecule has 6 nitrogen and oxygen atoms in total. The first-order chi connectivity index (χ1) is 8.97. The van der Waals surface area contributed by atoms with Gasteiger partial charge in [-0.3, -0.25) is 4.99 Å². The van der Waals surface area contributed by atoms with Crippen molar-refractivity contribution in [3.8, 4) is 0 Å². The van der Waals surface area contributed by atoms with Crippen LogP contribution in [0, 0.1) is 16.7 Å². The number of carbonyl (C=O) groups excluding carboxylic acids is 1. The number of nitrogens with one attached hydrogen (secondary N) is 3. The van der Waals surface area contributed by atoms with Gasteiger partial charge in [0, 0.05) is 36.5 Å². The standard InChI is InChI=1S/C13H22N4O2/c1-10(2)17-13(18)19-9-16-8-4-5-11(3)12(15)6-7-14/h4-5,7-8,10-11,14-15H,6,9H2,1-3H3,(H,17,18)/b5-4-,14-7?,15-12?,16-8?. The lowest BCUT2D eigenvalue weighted by Gasteiger charge is -2.06. The normalized spacial score (nSPS) is 12.8. The molecule has 0 aliphatic rings. The SMILES string of the molecule is CC(C)NC(=O)OCN=C/C=C\C(C)C(=N)CC=N. The highest BCUT2D eigenvalue weighted by Crippen LogP contribution is 2.01. The molecule has 0 aliphatic carbocycles. The van der Waals surface area contributed by atoms with Gasteiger partial charge in [-0.15, -0.1) is 0 Å². The first-order valence-corrected chi connectivity index (χ1v) is 6.13. The van der Waals surface area contributed by atoms with Gasteiger partial charge in [-0.05, 0) is 19.9 Å². The van der Waals surface area contributed by atoms with Crippen LogP contribution >= 0.6 is 0 Å². The van der Waals surface area contributed by atoms with Crippen molar-refractivity contribution in [1.82, 2.24) is 5.32 Å². The summed E-state index contributed by atoms with van der Waals surface area (Å²) in [6.45, 7) is 5.54. The third kappa shape index (κ3) is 9.70. The Morgan fingerprint density at radius 2 is 2.11 bits per heavy atom. The molecule has 0 saturated carbocycles. The summed E-state index contributed by atoms with van der Waals surface area (Å²) in [5.41, 5.74) is 0.479. The lowest BCUT2D eigenvalue weighted by Crippen LogP contribution is -2.30. The molecule has 106 valence electrons. The van der Waals surface area contributed by atoms with Gasteiger partial charge in [-0.25, -0.2) is 4.79 Å². The van der Waals surface area contributed by atoms with Gasteiger partial charge in [0.25, 0.3) is 0 Å². The molecule has 1 amide bonds. The molecule has 0 aromatic heterocycles. The fourth-order valence-corrected chi connectivity index (χ4v) is 1.11. The second-order valence-corrected chi connectivity index (χ2v) is 4.30. The molecule has 1 unspecified atom stereocenters. The molecule has 0 saturated heterocycles. The largest absolute Gasteiger partial charge is 0.426 e. The Labute approximate surface area is 114 Å². The minimum Gasteiger partial charge on any atom is -0.426 e. The van der Waals surface area contributed by atoms with Gasteiger partial charge >= 0.3 is 6.09 Å². The van der Waals surface area contributed by atoms with Gasteiger partial charge in [0.15, 0.2) is 6.73 Å². The number of amides is 1. The monoisotopic (exact) mass is 266 g/mol. The Hall–Kier alpha value is -1.98. The Balaban J connectivity index is 3.87. The van der Waals surface area contributed by atoms with E-state index in [1.54, 1.807) is 6.08 Å². The zero-order valence-corrected chi connectivity index (χ0v) is 11.6. The number of hydrogen-bond donors (Lipinski definition) is 3. The summed E-state index contributed by atoms with van der Waals surface area (Å²) in [4.78, 5) is 15.0. The molecule has 0 fully saturated rings. The van der Waals surface area contributed by atoms with E-state index in [0.29, 0.717) is 12.1 Å². The van der Waals surface area contributed by atoms with Crippen molar-refractivity contribution in [3.63, 3.8) is 0 Å². The van der Waals surface area contributed by atoms with E-state index in [4.69, 9.17) is 15.6 Å². The number of alkyl carbamates (subject to hydrolysis) is 1. The van der Waals surface area contributed by atoms with Crippen LogP contribution in [0.3, 0.4) is 0 Å². The maximum absolute atomic E-state index is 11.1. The molecule has 0 heterocycles. The van der Waals surface area contributed by atoms with E-state index in [9.17, 15) is 4.79 Å². The average Bonchev–Trinajstić information content (AvgIpc) is 2.32. The van der Waals surface area contributed by atoms with Crippen LogP contribution in [0.25, 0.3) is 0 Å². The van der Waals surface area contributed by atoms with Crippen LogP contribution in [-0.4, -0.2) is 37.0 Å². The van der Waals surface area contributed by atoms with E-state index >= 15 is 0 Å². The third-order valence-corrected chi connectivity index (χ3v) is 2.14. The Morgan fingerprint density at radius 1 is 1.42 bits per heavy atom. The predicted octanol–water partition coefficient (Wildman–Crippen LogP) is 2.40. The van der Waals surface area contributed by atoms with Gasteiger partial charge in [-0.2, -0.15) is 0 Å². The van der Waals surface area contributed by atoms with Crippen molar-refractivity contribution in [2.75, 3.05) is 6.73 Å². The number of aliphatic imine (C=N–C) groups is 1. The molecule has 1 atom stereocenters. The van der Waals surface area contributed by atoms with Gasteiger partial charge < -0.3 is 20.9 Å². The molecule has 0 aromatic rings. The molecule has 0 aromatic carbocycles. The highest BCUT2D eigenvalue weighted by molar-refractivity contribution is 5.95. The van der Waals surface area contributed by atoms with Crippen LogP contribution in [0.15, 0.2) is 17.1 Å². The van der Waals surface area contributed by atoms with Crippen LogP contribution in [0.2, 0.25) is 0 Å². The van der Waals surface area contributed by atoms with Gasteiger partial charge in [0.1, 0.15) is 0 Å². The second-order valence-electron chi connectivity index (χ2n) is 4.30. The van der Waals surface area contributed by atoms with Crippen molar-refractivity contribution in [2.45, 2.75) is 33.2 Å². The predicted molar refractivity (Wildman–Crippen MR) is 77.5 cm³/mol. The fraction of sp³-hybridized carbons (Fsp3) is 0.538. The van der Waals surface area contributed by atoms with E-state index in [1.807, 2.05) is 26.8 Å². The van der Waals surface area contributed by atoms with Gasteiger partial charge in [-0.1, -0.05) is 13.0 Å². The van der Waals surface area contributed by atoms with Crippen LogP contribution in [-0.2, 0) is 4.74 Å². The van der Waals surface area contributed by atoms with Crippen molar-refractivity contribution < 1.29 is 9.53 Å². The zero-order chi connectivity index (χ0) is 14.7. The highest BCUT2D eigenvalue weighted by Gasteiger charge is 2.02. The Morgan fingerprint density at radius 3 is 2.68 bits per heavy atom. The second kappa shape index (κ2) is 9.99. The maximum Gasteiger partial charge on any atom is 0.409 e. The summed E-state index contributed by atoms with van der Waals surface area (Å²) >= 11 is 0. The number of carbonyl (C=O) groups is 1. The molecular weight excluding hydrogens is 244 g/mol. The lowest BCUT2D eigenvalue weighted by molar-refractivity contribution is 0.147. The van der Waals surface area contributed by atoms with Crippen LogP contribution < -0.4 is 5.32 Å². The van der Waals surface area contributed by atoms with E-state index in [2.05, 4.69) is 10.3 Å². The summed E-state index contributed by atoms with van der Waals surface area (Å²) in [5.74, 6) is -0.0294. The quantitative estimate of drug-likeness (QED) is 0.588. The molecule has 0 aliphatic heterocycles. The number of hydrogen-bond acceptors (Lipinski definition) is 5. The van der Waals surface area contributed by atoms with Crippen molar-refractivity contribution in [2.24, 2.45) is 10.9 Å². The van der Waals surface area contributed by atoms with Gasteiger partial charge in [0.05, 0.1) is 0 Å². The Bertz CT molecular complexity index is 362. The maximum atomic E-state index is 11.1. The summed E-state index contributed by atoms with van der Waals surface area (Å²) in [7, 11) is 0. The first kappa shape index (κ1) is 17.0. The molecular formula is C13H22N4O2. The number of nitrogens with zero attached hydrogens (tertiary/aromatic N) is 1. The van der Waals surface area contributed by atoms with E-state index in [0.717, 1.165) is 0 Å². The van der Waals surface area contributed by atoms with Crippen molar-refractivity contribution in [3.05, 3.63) is 12.2 Å². The van der Waals surface area contributed by atoms with Crippen LogP contribution in [0.4, 0.5) is 4.79 Å². The van der Waals surface area contributed by atoms with E-state index < -0.39 is 6.09 Å². The van der Waals surface area contributed by atoms with Crippen LogP contribution in [0.5, 0.6) is 0 Å². The summed E-state index contributed by atoms with van der Waals surface area (Å²) < 4.78 is 4.79. The minimum atomic E-state index is -0.489. The molecule has 0 radical (unpaired) electrons. The van der Waals surface area contributed by atoms with Crippen LogP contribution in [0.1, 0.15) is 27.2 Å². The molecule has 0 bridgehead atoms. The Kier molecular flexibility index (Phi) is 8.95. The number of allylic oxidation sites excluding steroid dienone is 2. The third-order valence-electron chi connectivity index (χ3n) is 2.14. The lowest BCUT2D eigenvalue weighted by atomic mass is 10.0. The number of ether oxygens (including phenoxy) is 1. The molecule has 19 heavy (non-hydrogen) atoms. The van der Waals surface area contributed by atoms with E-state index in [-0.39, 0.29) is 18.7 Å². The van der Waals surface area contributed by atoms with Crippen molar-refractivity contribution >= 4 is 24.2 Å². The molecule has 6 heteroatoms. The topological polar surface area (TPSA) is 98.4 Å².